The molecule has 5 nitrogen and oxygen atoms in total. The fourth-order valence-electron chi connectivity index (χ4n) is 1.61. The number of carbonyl (C=O) groups is 1. The zero-order valence-electron chi connectivity index (χ0n) is 10.2. The maximum Gasteiger partial charge on any atom is 0.344 e. The summed E-state index contributed by atoms with van der Waals surface area (Å²) in [5.41, 5.74) is 0.659. The normalized spacial score (nSPS) is 12.1. The SMILES string of the molecule is CCC(Oc1ccc(Br)cc1-c1ccno1)C(=O)O. The van der Waals surface area contributed by atoms with Crippen molar-refractivity contribution in [2.75, 3.05) is 0 Å². The van der Waals surface area contributed by atoms with Gasteiger partial charge in [0.15, 0.2) is 11.9 Å². The molecule has 2 aromatic rings. The maximum absolute atomic E-state index is 11.0. The van der Waals surface area contributed by atoms with Crippen molar-refractivity contribution in [2.45, 2.75) is 19.4 Å². The van der Waals surface area contributed by atoms with E-state index in [4.69, 9.17) is 14.4 Å². The van der Waals surface area contributed by atoms with E-state index in [2.05, 4.69) is 21.1 Å². The van der Waals surface area contributed by atoms with Gasteiger partial charge in [0.25, 0.3) is 0 Å². The summed E-state index contributed by atoms with van der Waals surface area (Å²) in [6, 6.07) is 6.97. The van der Waals surface area contributed by atoms with Gasteiger partial charge in [-0.2, -0.15) is 0 Å². The summed E-state index contributed by atoms with van der Waals surface area (Å²) in [6.07, 6.45) is 1.01. The highest BCUT2D eigenvalue weighted by atomic mass is 79.9. The molecule has 2 rings (SSSR count). The van der Waals surface area contributed by atoms with Crippen molar-refractivity contribution in [2.24, 2.45) is 0 Å². The predicted molar refractivity (Wildman–Crippen MR) is 72.0 cm³/mol. The first kappa shape index (κ1) is 13.6. The smallest absolute Gasteiger partial charge is 0.344 e. The van der Waals surface area contributed by atoms with Crippen LogP contribution in [0.15, 0.2) is 39.5 Å². The summed E-state index contributed by atoms with van der Waals surface area (Å²) < 4.78 is 11.5. The summed E-state index contributed by atoms with van der Waals surface area (Å²) in [4.78, 5) is 11.0. The van der Waals surface area contributed by atoms with Crippen LogP contribution in [0.3, 0.4) is 0 Å². The van der Waals surface area contributed by atoms with E-state index in [1.165, 1.54) is 6.20 Å². The highest BCUT2D eigenvalue weighted by molar-refractivity contribution is 9.10. The molecular weight excluding hydrogens is 314 g/mol. The lowest BCUT2D eigenvalue weighted by molar-refractivity contribution is -0.145. The molecule has 0 fully saturated rings. The van der Waals surface area contributed by atoms with Crippen molar-refractivity contribution in [3.8, 4) is 17.1 Å². The van der Waals surface area contributed by atoms with E-state index in [0.29, 0.717) is 23.5 Å². The van der Waals surface area contributed by atoms with Crippen LogP contribution >= 0.6 is 15.9 Å². The third-order valence-corrected chi connectivity index (χ3v) is 3.05. The van der Waals surface area contributed by atoms with Gasteiger partial charge in [0.2, 0.25) is 0 Å². The summed E-state index contributed by atoms with van der Waals surface area (Å²) >= 11 is 3.36. The Labute approximate surface area is 118 Å². The largest absolute Gasteiger partial charge is 0.479 e. The number of nitrogens with zero attached hydrogens (tertiary/aromatic N) is 1. The van der Waals surface area contributed by atoms with Crippen LogP contribution in [0.5, 0.6) is 5.75 Å². The molecule has 0 radical (unpaired) electrons. The molecule has 100 valence electrons. The van der Waals surface area contributed by atoms with Crippen molar-refractivity contribution in [3.05, 3.63) is 34.9 Å². The minimum Gasteiger partial charge on any atom is -0.479 e. The molecule has 6 heteroatoms. The Kier molecular flexibility index (Phi) is 4.21. The van der Waals surface area contributed by atoms with E-state index >= 15 is 0 Å². The minimum absolute atomic E-state index is 0.376. The molecule has 0 aliphatic carbocycles. The summed E-state index contributed by atoms with van der Waals surface area (Å²) in [5, 5.41) is 12.7. The van der Waals surface area contributed by atoms with Crippen molar-refractivity contribution >= 4 is 21.9 Å². The number of aliphatic carboxylic acids is 1. The van der Waals surface area contributed by atoms with Crippen molar-refractivity contribution in [1.29, 1.82) is 0 Å². The van der Waals surface area contributed by atoms with Gasteiger partial charge in [-0.25, -0.2) is 4.79 Å². The molecule has 1 N–H and O–H groups in total. The van der Waals surface area contributed by atoms with Crippen molar-refractivity contribution < 1.29 is 19.2 Å². The number of hydrogen-bond acceptors (Lipinski definition) is 4. The Bertz CT molecular complexity index is 568. The van der Waals surface area contributed by atoms with E-state index in [1.807, 2.05) is 0 Å². The zero-order chi connectivity index (χ0) is 13.8. The van der Waals surface area contributed by atoms with E-state index in [9.17, 15) is 4.79 Å². The third-order valence-electron chi connectivity index (χ3n) is 2.56. The average Bonchev–Trinajstić information content (AvgIpc) is 2.90. The molecule has 1 aromatic heterocycles. The van der Waals surface area contributed by atoms with Gasteiger partial charge in [-0.05, 0) is 24.6 Å². The highest BCUT2D eigenvalue weighted by Gasteiger charge is 2.20. The number of carboxylic acid groups (broad SMARTS) is 1. The van der Waals surface area contributed by atoms with E-state index in [-0.39, 0.29) is 0 Å². The van der Waals surface area contributed by atoms with Crippen molar-refractivity contribution in [3.63, 3.8) is 0 Å². The fourth-order valence-corrected chi connectivity index (χ4v) is 1.97. The summed E-state index contributed by atoms with van der Waals surface area (Å²) in [6.45, 7) is 1.76. The highest BCUT2D eigenvalue weighted by Crippen LogP contribution is 2.33. The van der Waals surface area contributed by atoms with Gasteiger partial charge in [0, 0.05) is 10.5 Å². The molecule has 1 aromatic carbocycles. The zero-order valence-corrected chi connectivity index (χ0v) is 11.8. The number of carboxylic acids is 1. The molecule has 0 amide bonds. The lowest BCUT2D eigenvalue weighted by Crippen LogP contribution is -2.26. The van der Waals surface area contributed by atoms with Crippen LogP contribution in [0.1, 0.15) is 13.3 Å². The number of ether oxygens (including phenoxy) is 1. The van der Waals surface area contributed by atoms with Crippen LogP contribution < -0.4 is 4.74 Å². The monoisotopic (exact) mass is 325 g/mol. The second kappa shape index (κ2) is 5.88. The lowest BCUT2D eigenvalue weighted by Gasteiger charge is -2.15. The number of rotatable bonds is 5. The standard InChI is InChI=1S/C13H12BrNO4/c1-2-10(13(16)17)18-11-4-3-8(14)7-9(11)12-5-6-15-19-12/h3-7,10H,2H2,1H3,(H,16,17). The number of halogens is 1. The molecule has 0 aliphatic heterocycles. The molecule has 1 unspecified atom stereocenters. The summed E-state index contributed by atoms with van der Waals surface area (Å²) in [7, 11) is 0. The molecule has 0 aliphatic rings. The van der Waals surface area contributed by atoms with Crippen LogP contribution in [-0.2, 0) is 4.79 Å². The minimum atomic E-state index is -0.992. The van der Waals surface area contributed by atoms with E-state index in [0.717, 1.165) is 4.47 Å². The first-order valence-corrected chi connectivity index (χ1v) is 6.51. The molecular formula is C13H12BrNO4. The number of benzene rings is 1. The second-order valence-electron chi connectivity index (χ2n) is 3.87. The fraction of sp³-hybridized carbons (Fsp3) is 0.231. The van der Waals surface area contributed by atoms with Gasteiger partial charge in [-0.1, -0.05) is 28.0 Å². The molecule has 1 heterocycles. The molecule has 0 bridgehead atoms. The predicted octanol–water partition coefficient (Wildman–Crippen LogP) is 3.35. The van der Waals surface area contributed by atoms with Gasteiger partial charge >= 0.3 is 5.97 Å². The van der Waals surface area contributed by atoms with Gasteiger partial charge in [0.1, 0.15) is 5.75 Å². The lowest BCUT2D eigenvalue weighted by atomic mass is 10.1. The van der Waals surface area contributed by atoms with Crippen molar-refractivity contribution in [1.82, 2.24) is 5.16 Å². The Morgan fingerprint density at radius 3 is 2.89 bits per heavy atom. The van der Waals surface area contributed by atoms with Crippen LogP contribution in [0.25, 0.3) is 11.3 Å². The Morgan fingerprint density at radius 1 is 1.53 bits per heavy atom. The van der Waals surface area contributed by atoms with E-state index < -0.39 is 12.1 Å². The van der Waals surface area contributed by atoms with Gasteiger partial charge in [0.05, 0.1) is 11.8 Å². The van der Waals surface area contributed by atoms with Crippen LogP contribution in [0, 0.1) is 0 Å². The second-order valence-corrected chi connectivity index (χ2v) is 4.79. The summed E-state index contributed by atoms with van der Waals surface area (Å²) in [5.74, 6) is -0.0142. The third kappa shape index (κ3) is 3.14. The van der Waals surface area contributed by atoms with Crippen LogP contribution in [0.4, 0.5) is 0 Å². The number of hydrogen-bond donors (Lipinski definition) is 1. The topological polar surface area (TPSA) is 72.6 Å². The molecule has 19 heavy (non-hydrogen) atoms. The Balaban J connectivity index is 2.37. The molecule has 0 spiro atoms. The first-order valence-electron chi connectivity index (χ1n) is 5.72. The maximum atomic E-state index is 11.0. The Morgan fingerprint density at radius 2 is 2.32 bits per heavy atom. The van der Waals surface area contributed by atoms with Gasteiger partial charge < -0.3 is 14.4 Å². The average molecular weight is 326 g/mol. The van der Waals surface area contributed by atoms with Crippen LogP contribution in [0.2, 0.25) is 0 Å². The molecule has 0 saturated heterocycles. The first-order chi connectivity index (χ1) is 9.11. The Hall–Kier alpha value is -1.82. The van der Waals surface area contributed by atoms with E-state index in [1.54, 1.807) is 31.2 Å². The quantitative estimate of drug-likeness (QED) is 0.912. The van der Waals surface area contributed by atoms with Gasteiger partial charge in [-0.15, -0.1) is 0 Å². The number of aromatic nitrogens is 1. The van der Waals surface area contributed by atoms with Crippen LogP contribution in [-0.4, -0.2) is 22.3 Å². The molecule has 1 atom stereocenters. The molecule has 0 saturated carbocycles. The van der Waals surface area contributed by atoms with Gasteiger partial charge in [-0.3, -0.25) is 0 Å².